The van der Waals surface area contributed by atoms with Gasteiger partial charge in [-0.15, -0.1) is 0 Å². The van der Waals surface area contributed by atoms with E-state index in [0.717, 1.165) is 116 Å². The van der Waals surface area contributed by atoms with Crippen LogP contribution < -0.4 is 0 Å². The predicted octanol–water partition coefficient (Wildman–Crippen LogP) is 13.3. The molecule has 16 heteroatoms. The molecule has 0 saturated carbocycles. The molecular formula is C70H136N4O12. The summed E-state index contributed by atoms with van der Waals surface area (Å²) in [7, 11) is 0. The quantitative estimate of drug-likeness (QED) is 0.0254. The van der Waals surface area contributed by atoms with Crippen molar-refractivity contribution >= 4 is 23.9 Å². The monoisotopic (exact) mass is 1230 g/mol. The van der Waals surface area contributed by atoms with E-state index in [-0.39, 0.29) is 52.6 Å². The van der Waals surface area contributed by atoms with Crippen molar-refractivity contribution in [2.75, 3.05) is 105 Å². The summed E-state index contributed by atoms with van der Waals surface area (Å²) in [5.41, 5.74) is 0. The molecule has 1 rings (SSSR count). The molecule has 16 nitrogen and oxygen atoms in total. The number of aliphatic hydroxyl groups excluding tert-OH is 4. The van der Waals surface area contributed by atoms with E-state index in [1.165, 1.54) is 180 Å². The van der Waals surface area contributed by atoms with Crippen molar-refractivity contribution in [3.05, 3.63) is 0 Å². The van der Waals surface area contributed by atoms with Crippen molar-refractivity contribution in [3.8, 4) is 0 Å². The summed E-state index contributed by atoms with van der Waals surface area (Å²) < 4.78 is 21.9. The maximum absolute atomic E-state index is 13.0. The number of carbonyl (C=O) groups excluding carboxylic acids is 4. The van der Waals surface area contributed by atoms with Gasteiger partial charge in [-0.2, -0.15) is 0 Å². The Kier molecular flexibility index (Phi) is 57.0. The van der Waals surface area contributed by atoms with Crippen LogP contribution >= 0.6 is 0 Å². The minimum absolute atomic E-state index is 0.0698. The highest BCUT2D eigenvalue weighted by Crippen LogP contribution is 2.16. The van der Waals surface area contributed by atoms with Gasteiger partial charge < -0.3 is 49.2 Å². The third-order valence-electron chi connectivity index (χ3n) is 17.1. The lowest BCUT2D eigenvalue weighted by Crippen LogP contribution is -2.48. The molecule has 0 spiro atoms. The molecule has 0 bridgehead atoms. The second kappa shape index (κ2) is 60.1. The number of hydrogen-bond donors (Lipinski definition) is 4. The van der Waals surface area contributed by atoms with Crippen molar-refractivity contribution in [1.29, 1.82) is 0 Å². The van der Waals surface area contributed by atoms with Crippen molar-refractivity contribution in [1.82, 2.24) is 19.6 Å². The van der Waals surface area contributed by atoms with Crippen molar-refractivity contribution in [2.24, 2.45) is 0 Å². The molecule has 4 N–H and O–H groups in total. The van der Waals surface area contributed by atoms with E-state index in [1.54, 1.807) is 9.80 Å². The number of nitrogens with zero attached hydrogens (tertiary/aromatic N) is 4. The maximum atomic E-state index is 13.0. The van der Waals surface area contributed by atoms with E-state index < -0.39 is 48.3 Å². The smallest absolute Gasteiger partial charge is 0.336 e. The summed E-state index contributed by atoms with van der Waals surface area (Å²) in [6.45, 7) is 15.3. The lowest BCUT2D eigenvalue weighted by molar-refractivity contribution is -0.158. The van der Waals surface area contributed by atoms with Crippen molar-refractivity contribution in [2.45, 2.75) is 322 Å². The Labute approximate surface area is 526 Å². The van der Waals surface area contributed by atoms with Gasteiger partial charge >= 0.3 is 23.9 Å². The van der Waals surface area contributed by atoms with Gasteiger partial charge in [0.1, 0.15) is 0 Å². The summed E-state index contributed by atoms with van der Waals surface area (Å²) in [6.07, 6.45) is 42.3. The molecule has 508 valence electrons. The second-order valence-electron chi connectivity index (χ2n) is 25.4. The van der Waals surface area contributed by atoms with Crippen LogP contribution in [-0.2, 0) is 38.1 Å². The van der Waals surface area contributed by atoms with E-state index >= 15 is 0 Å². The van der Waals surface area contributed by atoms with E-state index in [9.17, 15) is 39.6 Å². The van der Waals surface area contributed by atoms with Crippen LogP contribution in [0.4, 0.5) is 0 Å². The van der Waals surface area contributed by atoms with Crippen molar-refractivity contribution in [3.63, 3.8) is 0 Å². The Hall–Kier alpha value is -2.44. The van der Waals surface area contributed by atoms with E-state index in [4.69, 9.17) is 18.9 Å². The van der Waals surface area contributed by atoms with Crippen LogP contribution in [0.25, 0.3) is 0 Å². The number of rotatable bonds is 64. The third-order valence-corrected chi connectivity index (χ3v) is 17.1. The number of aliphatic hydroxyl groups is 4. The molecule has 86 heavy (non-hydrogen) atoms. The first-order valence-corrected chi connectivity index (χ1v) is 36.2. The third kappa shape index (κ3) is 49.4. The Bertz CT molecular complexity index is 1340. The van der Waals surface area contributed by atoms with Crippen LogP contribution in [0.1, 0.15) is 297 Å². The predicted molar refractivity (Wildman–Crippen MR) is 350 cm³/mol. The number of piperazine rings is 1. The maximum Gasteiger partial charge on any atom is 0.336 e. The zero-order valence-corrected chi connectivity index (χ0v) is 56.2. The van der Waals surface area contributed by atoms with Crippen LogP contribution in [0.2, 0.25) is 0 Å². The molecule has 4 unspecified atom stereocenters. The fourth-order valence-electron chi connectivity index (χ4n) is 11.5. The molecule has 0 amide bonds. The Morgan fingerprint density at radius 1 is 0.291 bits per heavy atom. The highest BCUT2D eigenvalue weighted by Gasteiger charge is 2.28. The summed E-state index contributed by atoms with van der Waals surface area (Å²) in [6, 6.07) is 0. The standard InChI is InChI=1S/C70H136N4O12/c1-5-9-13-17-21-25-29-33-37-41-55-83-67(79)63(75)59-73(60-64(76)68(80)84-56-42-38-34-30-26-22-18-14-10-6-2)49-45-47-71-51-53-72(54-52-71)48-46-50-74(61-65(77)69(81)85-57-43-39-35-31-27-23-19-15-11-7-3)62-66(78)70(82)86-58-44-40-36-32-28-24-20-16-12-8-4/h63-66,75-78H,5-62H2,1-4H3. The topological polar surface area (TPSA) is 199 Å². The molecule has 1 fully saturated rings. The largest absolute Gasteiger partial charge is 0.464 e. The minimum atomic E-state index is -1.42. The molecule has 0 aliphatic carbocycles. The summed E-state index contributed by atoms with van der Waals surface area (Å²) in [4.78, 5) is 60.1. The lowest BCUT2D eigenvalue weighted by atomic mass is 10.1. The normalized spacial score (nSPS) is 14.6. The number of unbranched alkanes of at least 4 members (excludes halogenated alkanes) is 36. The van der Waals surface area contributed by atoms with Gasteiger partial charge in [-0.1, -0.05) is 259 Å². The number of hydrogen-bond acceptors (Lipinski definition) is 16. The molecule has 1 saturated heterocycles. The summed E-state index contributed by atoms with van der Waals surface area (Å²) in [5, 5.41) is 44.0. The van der Waals surface area contributed by atoms with Gasteiger partial charge in [-0.3, -0.25) is 9.80 Å². The zero-order chi connectivity index (χ0) is 62.8. The first kappa shape index (κ1) is 81.6. The second-order valence-corrected chi connectivity index (χ2v) is 25.4. The zero-order valence-electron chi connectivity index (χ0n) is 56.2. The van der Waals surface area contributed by atoms with E-state index in [0.29, 0.717) is 25.9 Å². The number of ether oxygens (including phenoxy) is 4. The summed E-state index contributed by atoms with van der Waals surface area (Å²) >= 11 is 0. The van der Waals surface area contributed by atoms with Gasteiger partial charge in [0.15, 0.2) is 24.4 Å². The first-order valence-electron chi connectivity index (χ1n) is 36.2. The van der Waals surface area contributed by atoms with Crippen LogP contribution in [0.15, 0.2) is 0 Å². The molecule has 0 radical (unpaired) electrons. The molecule has 0 aromatic rings. The SMILES string of the molecule is CCCCCCCCCCCCOC(=O)C(O)CN(CCCN1CCN(CCCN(CC(O)C(=O)OCCCCCCCCCCCC)CC(O)C(=O)OCCCCCCCCCCCC)CC1)CC(O)C(=O)OCCCCCCCCCCCC. The van der Waals surface area contributed by atoms with Gasteiger partial charge in [0.05, 0.1) is 26.4 Å². The molecule has 0 aromatic heterocycles. The average molecular weight is 1230 g/mol. The molecule has 4 atom stereocenters. The van der Waals surface area contributed by atoms with E-state index in [2.05, 4.69) is 37.5 Å². The van der Waals surface area contributed by atoms with Crippen LogP contribution in [-0.4, -0.2) is 193 Å². The van der Waals surface area contributed by atoms with Gasteiger partial charge in [-0.05, 0) is 64.7 Å². The average Bonchev–Trinajstić information content (AvgIpc) is 3.68. The Morgan fingerprint density at radius 3 is 0.651 bits per heavy atom. The molecular weight excluding hydrogens is 1090 g/mol. The first-order chi connectivity index (χ1) is 41.9. The van der Waals surface area contributed by atoms with Crippen molar-refractivity contribution < 1.29 is 58.6 Å². The van der Waals surface area contributed by atoms with Gasteiger partial charge in [0.25, 0.3) is 0 Å². The minimum Gasteiger partial charge on any atom is -0.464 e. The van der Waals surface area contributed by atoms with Crippen LogP contribution in [0, 0.1) is 0 Å². The molecule has 1 aliphatic rings. The number of esters is 4. The fraction of sp³-hybridized carbons (Fsp3) is 0.943. The summed E-state index contributed by atoms with van der Waals surface area (Å²) in [5.74, 6) is -2.76. The number of carbonyl (C=O) groups is 4. The molecule has 1 heterocycles. The lowest BCUT2D eigenvalue weighted by Gasteiger charge is -2.35. The fourth-order valence-corrected chi connectivity index (χ4v) is 11.5. The van der Waals surface area contributed by atoms with Gasteiger partial charge in [0.2, 0.25) is 0 Å². The van der Waals surface area contributed by atoms with Gasteiger partial charge in [-0.25, -0.2) is 19.2 Å². The Balaban J connectivity index is 2.74. The highest BCUT2D eigenvalue weighted by atomic mass is 16.6. The van der Waals surface area contributed by atoms with Gasteiger partial charge in [0, 0.05) is 52.4 Å². The molecule has 0 aromatic carbocycles. The van der Waals surface area contributed by atoms with Crippen LogP contribution in [0.3, 0.4) is 0 Å². The van der Waals surface area contributed by atoms with Crippen LogP contribution in [0.5, 0.6) is 0 Å². The highest BCUT2D eigenvalue weighted by molar-refractivity contribution is 5.76. The Morgan fingerprint density at radius 2 is 0.465 bits per heavy atom. The van der Waals surface area contributed by atoms with E-state index in [1.807, 2.05) is 0 Å². The molecule has 1 aliphatic heterocycles.